The summed E-state index contributed by atoms with van der Waals surface area (Å²) in [5, 5.41) is 1.07. The lowest BCUT2D eigenvalue weighted by atomic mass is 9.92. The molecule has 1 aliphatic rings. The topological polar surface area (TPSA) is 38.2 Å². The van der Waals surface area contributed by atoms with E-state index in [0.29, 0.717) is 12.0 Å². The zero-order chi connectivity index (χ0) is 15.7. The van der Waals surface area contributed by atoms with E-state index in [0.717, 1.165) is 28.9 Å². The standard InChI is InChI=1S/C17H25N3OS/c1-11(2)15-9-14-16(18-10-19-17(14)22-15)21-13-7-5-12(6-8-13)20(3)4/h9-13H,5-8H2,1-4H3/t12-,13-. The maximum Gasteiger partial charge on any atom is 0.225 e. The molecule has 0 bridgehead atoms. The highest BCUT2D eigenvalue weighted by molar-refractivity contribution is 7.18. The quantitative estimate of drug-likeness (QED) is 0.851. The molecule has 0 saturated heterocycles. The second-order valence-electron chi connectivity index (χ2n) is 6.71. The van der Waals surface area contributed by atoms with Crippen molar-refractivity contribution in [1.82, 2.24) is 14.9 Å². The van der Waals surface area contributed by atoms with Crippen molar-refractivity contribution in [2.75, 3.05) is 14.1 Å². The number of hydrogen-bond donors (Lipinski definition) is 0. The molecule has 120 valence electrons. The summed E-state index contributed by atoms with van der Waals surface area (Å²) in [6.45, 7) is 4.42. The second-order valence-corrected chi connectivity index (χ2v) is 7.78. The molecule has 3 rings (SSSR count). The van der Waals surface area contributed by atoms with Gasteiger partial charge in [-0.1, -0.05) is 13.8 Å². The van der Waals surface area contributed by atoms with E-state index >= 15 is 0 Å². The summed E-state index contributed by atoms with van der Waals surface area (Å²) in [5.74, 6) is 1.28. The van der Waals surface area contributed by atoms with Crippen molar-refractivity contribution in [3.05, 3.63) is 17.3 Å². The summed E-state index contributed by atoms with van der Waals surface area (Å²) in [5.41, 5.74) is 0. The van der Waals surface area contributed by atoms with Crippen LogP contribution in [0.25, 0.3) is 10.2 Å². The Balaban J connectivity index is 1.74. The molecule has 0 aromatic carbocycles. The van der Waals surface area contributed by atoms with Gasteiger partial charge in [-0.3, -0.25) is 0 Å². The Labute approximate surface area is 136 Å². The van der Waals surface area contributed by atoms with Gasteiger partial charge in [-0.15, -0.1) is 11.3 Å². The molecule has 2 aromatic heterocycles. The van der Waals surface area contributed by atoms with Crippen LogP contribution in [-0.4, -0.2) is 41.1 Å². The molecule has 0 amide bonds. The summed E-state index contributed by atoms with van der Waals surface area (Å²) in [4.78, 5) is 13.5. The molecule has 1 fully saturated rings. The number of rotatable bonds is 4. The minimum atomic E-state index is 0.289. The summed E-state index contributed by atoms with van der Waals surface area (Å²) in [6, 6.07) is 2.89. The predicted octanol–water partition coefficient (Wildman–Crippen LogP) is 4.07. The molecule has 4 nitrogen and oxygen atoms in total. The highest BCUT2D eigenvalue weighted by atomic mass is 32.1. The monoisotopic (exact) mass is 319 g/mol. The van der Waals surface area contributed by atoms with Gasteiger partial charge in [-0.2, -0.15) is 0 Å². The van der Waals surface area contributed by atoms with E-state index in [2.05, 4.69) is 48.9 Å². The number of hydrogen-bond acceptors (Lipinski definition) is 5. The third-order valence-corrected chi connectivity index (χ3v) is 5.88. The van der Waals surface area contributed by atoms with Gasteiger partial charge in [0.05, 0.1) is 5.39 Å². The van der Waals surface area contributed by atoms with Crippen LogP contribution in [-0.2, 0) is 0 Å². The molecule has 0 unspecified atom stereocenters. The molecular weight excluding hydrogens is 294 g/mol. The van der Waals surface area contributed by atoms with Crippen molar-refractivity contribution >= 4 is 21.6 Å². The van der Waals surface area contributed by atoms with Crippen LogP contribution in [0, 0.1) is 0 Å². The molecule has 0 N–H and O–H groups in total. The molecule has 2 aromatic rings. The molecular formula is C17H25N3OS. The summed E-state index contributed by atoms with van der Waals surface area (Å²) in [6.07, 6.45) is 6.53. The van der Waals surface area contributed by atoms with Gasteiger partial charge < -0.3 is 9.64 Å². The van der Waals surface area contributed by atoms with Crippen molar-refractivity contribution in [3.63, 3.8) is 0 Å². The molecule has 5 heteroatoms. The van der Waals surface area contributed by atoms with Gasteiger partial charge in [0.25, 0.3) is 0 Å². The predicted molar refractivity (Wildman–Crippen MR) is 91.9 cm³/mol. The van der Waals surface area contributed by atoms with E-state index in [9.17, 15) is 0 Å². The first kappa shape index (κ1) is 15.7. The highest BCUT2D eigenvalue weighted by Crippen LogP contribution is 2.35. The van der Waals surface area contributed by atoms with Crippen LogP contribution in [0.4, 0.5) is 0 Å². The largest absolute Gasteiger partial charge is 0.474 e. The lowest BCUT2D eigenvalue weighted by molar-refractivity contribution is 0.108. The first-order valence-corrected chi connectivity index (χ1v) is 8.93. The fourth-order valence-corrected chi connectivity index (χ4v) is 4.06. The van der Waals surface area contributed by atoms with Gasteiger partial charge in [-0.05, 0) is 51.8 Å². The normalized spacial score (nSPS) is 22.6. The van der Waals surface area contributed by atoms with Gasteiger partial charge in [0.15, 0.2) is 0 Å². The fourth-order valence-electron chi connectivity index (χ4n) is 3.07. The van der Waals surface area contributed by atoms with Gasteiger partial charge in [0.2, 0.25) is 5.88 Å². The second kappa shape index (κ2) is 6.50. The highest BCUT2D eigenvalue weighted by Gasteiger charge is 2.24. The number of fused-ring (bicyclic) bond motifs is 1. The summed E-state index contributed by atoms with van der Waals surface area (Å²) in [7, 11) is 4.33. The number of nitrogens with zero attached hydrogens (tertiary/aromatic N) is 3. The third-order valence-electron chi connectivity index (χ3n) is 4.53. The molecule has 1 aliphatic carbocycles. The Kier molecular flexibility index (Phi) is 4.64. The van der Waals surface area contributed by atoms with E-state index < -0.39 is 0 Å². The maximum absolute atomic E-state index is 6.23. The van der Waals surface area contributed by atoms with E-state index in [1.54, 1.807) is 17.7 Å². The van der Waals surface area contributed by atoms with Crippen molar-refractivity contribution in [2.45, 2.75) is 57.6 Å². The smallest absolute Gasteiger partial charge is 0.225 e. The molecule has 0 atom stereocenters. The number of ether oxygens (including phenoxy) is 1. The Bertz CT molecular complexity index is 630. The molecule has 22 heavy (non-hydrogen) atoms. The lowest BCUT2D eigenvalue weighted by Crippen LogP contribution is -2.35. The zero-order valence-electron chi connectivity index (χ0n) is 13.9. The van der Waals surface area contributed by atoms with Crippen LogP contribution in [0.3, 0.4) is 0 Å². The number of aromatic nitrogens is 2. The number of thiophene rings is 1. The molecule has 2 heterocycles. The van der Waals surface area contributed by atoms with E-state index in [1.165, 1.54) is 17.7 Å². The third kappa shape index (κ3) is 3.25. The summed E-state index contributed by atoms with van der Waals surface area (Å²) < 4.78 is 6.23. The average Bonchev–Trinajstić information content (AvgIpc) is 2.93. The minimum absolute atomic E-state index is 0.289. The van der Waals surface area contributed by atoms with Gasteiger partial charge in [-0.25, -0.2) is 9.97 Å². The zero-order valence-corrected chi connectivity index (χ0v) is 14.7. The SMILES string of the molecule is CC(C)c1cc2c(O[C@H]3CC[C@H](N(C)C)CC3)ncnc2s1. The molecule has 0 spiro atoms. The van der Waals surface area contributed by atoms with Crippen molar-refractivity contribution in [1.29, 1.82) is 0 Å². The Hall–Kier alpha value is -1.20. The van der Waals surface area contributed by atoms with Crippen LogP contribution in [0.2, 0.25) is 0 Å². The van der Waals surface area contributed by atoms with Crippen LogP contribution in [0.5, 0.6) is 5.88 Å². The Morgan fingerprint density at radius 1 is 1.18 bits per heavy atom. The van der Waals surface area contributed by atoms with Gasteiger partial charge in [0.1, 0.15) is 17.3 Å². The van der Waals surface area contributed by atoms with Gasteiger partial charge >= 0.3 is 0 Å². The molecule has 1 saturated carbocycles. The van der Waals surface area contributed by atoms with E-state index in [1.807, 2.05) is 0 Å². The van der Waals surface area contributed by atoms with E-state index in [4.69, 9.17) is 4.74 Å². The maximum atomic E-state index is 6.23. The van der Waals surface area contributed by atoms with Crippen LogP contribution < -0.4 is 4.74 Å². The average molecular weight is 319 g/mol. The van der Waals surface area contributed by atoms with Crippen LogP contribution in [0.1, 0.15) is 50.3 Å². The summed E-state index contributed by atoms with van der Waals surface area (Å²) >= 11 is 1.75. The minimum Gasteiger partial charge on any atom is -0.474 e. The first-order valence-electron chi connectivity index (χ1n) is 8.12. The first-order chi connectivity index (χ1) is 10.5. The van der Waals surface area contributed by atoms with Crippen LogP contribution >= 0.6 is 11.3 Å². The fraction of sp³-hybridized carbons (Fsp3) is 0.647. The van der Waals surface area contributed by atoms with Gasteiger partial charge in [0, 0.05) is 10.9 Å². The Morgan fingerprint density at radius 3 is 2.55 bits per heavy atom. The molecule has 0 aliphatic heterocycles. The van der Waals surface area contributed by atoms with Crippen molar-refractivity contribution < 1.29 is 4.74 Å². The Morgan fingerprint density at radius 2 is 1.91 bits per heavy atom. The van der Waals surface area contributed by atoms with Crippen LogP contribution in [0.15, 0.2) is 12.4 Å². The molecule has 0 radical (unpaired) electrons. The van der Waals surface area contributed by atoms with Crippen molar-refractivity contribution in [3.8, 4) is 5.88 Å². The lowest BCUT2D eigenvalue weighted by Gasteiger charge is -2.32. The van der Waals surface area contributed by atoms with Crippen molar-refractivity contribution in [2.24, 2.45) is 0 Å². The van der Waals surface area contributed by atoms with E-state index in [-0.39, 0.29) is 6.10 Å².